The first-order valence-corrected chi connectivity index (χ1v) is 6.58. The third kappa shape index (κ3) is 2.01. The van der Waals surface area contributed by atoms with Crippen molar-refractivity contribution in [3.8, 4) is 0 Å². The molecule has 0 aliphatic heterocycles. The molecule has 88 valence electrons. The lowest BCUT2D eigenvalue weighted by molar-refractivity contribution is 0.333. The van der Waals surface area contributed by atoms with Crippen molar-refractivity contribution < 1.29 is 0 Å². The predicted molar refractivity (Wildman–Crippen MR) is 64.1 cm³/mol. The Hall–Kier alpha value is -0.830. The molecule has 3 unspecified atom stereocenters. The van der Waals surface area contributed by atoms with Gasteiger partial charge in [-0.3, -0.25) is 0 Å². The third-order valence-electron chi connectivity index (χ3n) is 4.28. The largest absolute Gasteiger partial charge is 0.349 e. The van der Waals surface area contributed by atoms with Crippen LogP contribution in [0.1, 0.15) is 32.0 Å². The van der Waals surface area contributed by atoms with Crippen LogP contribution in [0.25, 0.3) is 0 Å². The van der Waals surface area contributed by atoms with E-state index >= 15 is 0 Å². The summed E-state index contributed by atoms with van der Waals surface area (Å²) >= 11 is 0. The lowest BCUT2D eigenvalue weighted by Crippen LogP contribution is -2.37. The monoisotopic (exact) mass is 219 g/mol. The van der Waals surface area contributed by atoms with E-state index < -0.39 is 0 Å². The van der Waals surface area contributed by atoms with Gasteiger partial charge in [0.1, 0.15) is 5.82 Å². The average Bonchev–Trinajstić information content (AvgIpc) is 2.72. The number of aromatic nitrogens is 2. The van der Waals surface area contributed by atoms with Crippen molar-refractivity contribution in [1.29, 1.82) is 0 Å². The fourth-order valence-electron chi connectivity index (χ4n) is 3.38. The minimum Gasteiger partial charge on any atom is -0.349 e. The van der Waals surface area contributed by atoms with Crippen molar-refractivity contribution in [3.05, 3.63) is 18.2 Å². The van der Waals surface area contributed by atoms with Crippen LogP contribution in [0.5, 0.6) is 0 Å². The summed E-state index contributed by atoms with van der Waals surface area (Å²) in [7, 11) is 0. The number of nitrogens with one attached hydrogen (secondary N) is 2. The molecule has 3 rings (SSSR count). The van der Waals surface area contributed by atoms with Crippen LogP contribution in [-0.4, -0.2) is 22.6 Å². The van der Waals surface area contributed by atoms with Crippen LogP contribution in [0.3, 0.4) is 0 Å². The van der Waals surface area contributed by atoms with Gasteiger partial charge >= 0.3 is 0 Å². The van der Waals surface area contributed by atoms with Gasteiger partial charge in [-0.25, -0.2) is 4.98 Å². The third-order valence-corrected chi connectivity index (χ3v) is 4.28. The molecule has 3 heteroatoms. The predicted octanol–water partition coefficient (Wildman–Crippen LogP) is 1.98. The Morgan fingerprint density at radius 1 is 1.44 bits per heavy atom. The summed E-state index contributed by atoms with van der Waals surface area (Å²) in [6, 6.07) is 0.629. The molecule has 0 amide bonds. The fraction of sp³-hybridized carbons (Fsp3) is 0.769. The van der Waals surface area contributed by atoms with Gasteiger partial charge in [0.25, 0.3) is 0 Å². The first kappa shape index (κ1) is 10.3. The first-order valence-electron chi connectivity index (χ1n) is 6.58. The molecule has 2 saturated carbocycles. The highest BCUT2D eigenvalue weighted by molar-refractivity contribution is 5.02. The number of hydrogen-bond donors (Lipinski definition) is 2. The second kappa shape index (κ2) is 4.21. The van der Waals surface area contributed by atoms with Crippen molar-refractivity contribution in [2.45, 2.75) is 38.6 Å². The fourth-order valence-corrected chi connectivity index (χ4v) is 3.38. The Labute approximate surface area is 97.0 Å². The lowest BCUT2D eigenvalue weighted by atomic mass is 9.92. The van der Waals surface area contributed by atoms with E-state index in [0.29, 0.717) is 6.04 Å². The van der Waals surface area contributed by atoms with Gasteiger partial charge in [-0.05, 0) is 43.6 Å². The van der Waals surface area contributed by atoms with Gasteiger partial charge in [-0.1, -0.05) is 6.92 Å². The number of aromatic amines is 1. The zero-order valence-electron chi connectivity index (χ0n) is 9.95. The summed E-state index contributed by atoms with van der Waals surface area (Å²) in [6.07, 6.45) is 9.24. The van der Waals surface area contributed by atoms with Crippen LogP contribution in [0.15, 0.2) is 12.4 Å². The van der Waals surface area contributed by atoms with Gasteiger partial charge in [-0.2, -0.15) is 0 Å². The van der Waals surface area contributed by atoms with Gasteiger partial charge < -0.3 is 10.3 Å². The molecule has 2 fully saturated rings. The van der Waals surface area contributed by atoms with Crippen molar-refractivity contribution in [2.75, 3.05) is 6.54 Å². The van der Waals surface area contributed by atoms with Crippen LogP contribution >= 0.6 is 0 Å². The summed E-state index contributed by atoms with van der Waals surface area (Å²) in [6.45, 7) is 3.27. The summed E-state index contributed by atoms with van der Waals surface area (Å²) in [5, 5.41) is 3.64. The molecule has 1 heterocycles. The number of hydrogen-bond acceptors (Lipinski definition) is 2. The molecule has 3 atom stereocenters. The Morgan fingerprint density at radius 2 is 2.25 bits per heavy atom. The Kier molecular flexibility index (Phi) is 2.72. The number of fused-ring (bicyclic) bond motifs is 1. The second-order valence-corrected chi connectivity index (χ2v) is 5.39. The van der Waals surface area contributed by atoms with Gasteiger partial charge in [0.05, 0.1) is 0 Å². The van der Waals surface area contributed by atoms with Crippen LogP contribution in [-0.2, 0) is 6.42 Å². The maximum absolute atomic E-state index is 4.34. The summed E-state index contributed by atoms with van der Waals surface area (Å²) in [4.78, 5) is 7.57. The SMILES string of the molecule is CCNC(Cc1ncc[nH]1)C1CC2CC2C1. The number of rotatable bonds is 5. The van der Waals surface area contributed by atoms with Gasteiger partial charge in [0, 0.05) is 24.9 Å². The minimum absolute atomic E-state index is 0.629. The van der Waals surface area contributed by atoms with Crippen molar-refractivity contribution >= 4 is 0 Å². The smallest absolute Gasteiger partial charge is 0.107 e. The molecular formula is C13H21N3. The minimum atomic E-state index is 0.629. The zero-order chi connectivity index (χ0) is 11.0. The molecule has 0 aromatic carbocycles. The lowest BCUT2D eigenvalue weighted by Gasteiger charge is -2.24. The standard InChI is InChI=1S/C13H21N3/c1-2-14-12(8-13-15-3-4-16-13)11-6-9-5-10(9)7-11/h3-4,9-12,14H,2,5-8H2,1H3,(H,15,16). The molecule has 3 nitrogen and oxygen atoms in total. The number of imidazole rings is 1. The van der Waals surface area contributed by atoms with E-state index in [4.69, 9.17) is 0 Å². The van der Waals surface area contributed by atoms with Gasteiger partial charge in [0.2, 0.25) is 0 Å². The molecular weight excluding hydrogens is 198 g/mol. The topological polar surface area (TPSA) is 40.7 Å². The van der Waals surface area contributed by atoms with Crippen LogP contribution in [0, 0.1) is 17.8 Å². The zero-order valence-corrected chi connectivity index (χ0v) is 9.95. The second-order valence-electron chi connectivity index (χ2n) is 5.39. The molecule has 0 bridgehead atoms. The van der Waals surface area contributed by atoms with Gasteiger partial charge in [-0.15, -0.1) is 0 Å². The maximum atomic E-state index is 4.34. The molecule has 0 saturated heterocycles. The average molecular weight is 219 g/mol. The molecule has 2 aliphatic rings. The maximum Gasteiger partial charge on any atom is 0.107 e. The summed E-state index contributed by atoms with van der Waals surface area (Å²) < 4.78 is 0. The molecule has 1 aromatic rings. The van der Waals surface area contributed by atoms with E-state index in [1.54, 1.807) is 0 Å². The van der Waals surface area contributed by atoms with Crippen LogP contribution in [0.4, 0.5) is 0 Å². The Balaban J connectivity index is 1.61. The van der Waals surface area contributed by atoms with Crippen molar-refractivity contribution in [1.82, 2.24) is 15.3 Å². The number of H-pyrrole nitrogens is 1. The quantitative estimate of drug-likeness (QED) is 0.795. The number of nitrogens with zero attached hydrogens (tertiary/aromatic N) is 1. The first-order chi connectivity index (χ1) is 7.86. The molecule has 2 aliphatic carbocycles. The molecule has 16 heavy (non-hydrogen) atoms. The molecule has 2 N–H and O–H groups in total. The van der Waals surface area contributed by atoms with Crippen LogP contribution in [0.2, 0.25) is 0 Å². The van der Waals surface area contributed by atoms with Gasteiger partial charge in [0.15, 0.2) is 0 Å². The van der Waals surface area contributed by atoms with Crippen molar-refractivity contribution in [3.63, 3.8) is 0 Å². The highest BCUT2D eigenvalue weighted by Gasteiger charge is 2.47. The van der Waals surface area contributed by atoms with E-state index in [-0.39, 0.29) is 0 Å². The summed E-state index contributed by atoms with van der Waals surface area (Å²) in [5.74, 6) is 4.16. The number of likely N-dealkylation sites (N-methyl/N-ethyl adjacent to an activating group) is 1. The van der Waals surface area contributed by atoms with E-state index in [2.05, 4.69) is 22.2 Å². The highest BCUT2D eigenvalue weighted by atomic mass is 14.9. The van der Waals surface area contributed by atoms with E-state index in [1.807, 2.05) is 12.4 Å². The van der Waals surface area contributed by atoms with E-state index in [1.165, 1.54) is 19.3 Å². The van der Waals surface area contributed by atoms with E-state index in [9.17, 15) is 0 Å². The highest BCUT2D eigenvalue weighted by Crippen LogP contribution is 2.55. The summed E-state index contributed by atoms with van der Waals surface area (Å²) in [5.41, 5.74) is 0. The molecule has 0 spiro atoms. The Bertz CT molecular complexity index is 323. The van der Waals surface area contributed by atoms with Crippen molar-refractivity contribution in [2.24, 2.45) is 17.8 Å². The Morgan fingerprint density at radius 3 is 2.88 bits per heavy atom. The van der Waals surface area contributed by atoms with Crippen LogP contribution < -0.4 is 5.32 Å². The molecule has 0 radical (unpaired) electrons. The van der Waals surface area contributed by atoms with E-state index in [0.717, 1.165) is 36.5 Å². The molecule has 1 aromatic heterocycles. The normalized spacial score (nSPS) is 33.7.